The molecule has 0 radical (unpaired) electrons. The summed E-state index contributed by atoms with van der Waals surface area (Å²) in [4.78, 5) is 11.6. The van der Waals surface area contributed by atoms with E-state index in [1.165, 1.54) is 6.08 Å². The van der Waals surface area contributed by atoms with Gasteiger partial charge in [0.05, 0.1) is 19.3 Å². The second-order valence-electron chi connectivity index (χ2n) is 3.73. The fraction of sp³-hybridized carbons (Fsp3) is 0.545. The smallest absolute Gasteiger partial charge is 0.272 e. The molecule has 0 aromatic heterocycles. The van der Waals surface area contributed by atoms with Crippen LogP contribution in [0.4, 0.5) is 0 Å². The van der Waals surface area contributed by atoms with Crippen LogP contribution in [0.1, 0.15) is 0 Å². The first-order valence-corrected chi connectivity index (χ1v) is 6.56. The van der Waals surface area contributed by atoms with Crippen molar-refractivity contribution in [3.8, 4) is 0 Å². The van der Waals surface area contributed by atoms with Crippen molar-refractivity contribution in [2.75, 3.05) is 13.2 Å². The van der Waals surface area contributed by atoms with Gasteiger partial charge in [-0.3, -0.25) is 4.79 Å². The summed E-state index contributed by atoms with van der Waals surface area (Å²) >= 11 is 16.4. The molecule has 0 spiro atoms. The molecule has 0 aromatic carbocycles. The van der Waals surface area contributed by atoms with Crippen molar-refractivity contribution in [2.24, 2.45) is 0 Å². The van der Waals surface area contributed by atoms with Crippen molar-refractivity contribution < 1.29 is 19.4 Å². The van der Waals surface area contributed by atoms with Gasteiger partial charge >= 0.3 is 0 Å². The monoisotopic (exact) mass is 329 g/mol. The molecule has 1 amide bonds. The Balaban J connectivity index is 2.71. The molecule has 1 heterocycles. The van der Waals surface area contributed by atoms with Gasteiger partial charge in [-0.2, -0.15) is 0 Å². The van der Waals surface area contributed by atoms with Crippen LogP contribution in [0.25, 0.3) is 0 Å². The van der Waals surface area contributed by atoms with E-state index in [0.717, 1.165) is 0 Å². The molecule has 0 saturated heterocycles. The highest BCUT2D eigenvalue weighted by Crippen LogP contribution is 2.26. The summed E-state index contributed by atoms with van der Waals surface area (Å²) in [6, 6.07) is -0.620. The van der Waals surface area contributed by atoms with E-state index in [2.05, 4.69) is 11.9 Å². The second-order valence-corrected chi connectivity index (χ2v) is 6.01. The Morgan fingerprint density at radius 2 is 2.21 bits per heavy atom. The van der Waals surface area contributed by atoms with Gasteiger partial charge < -0.3 is 19.9 Å². The van der Waals surface area contributed by atoms with Gasteiger partial charge in [-0.15, -0.1) is 6.58 Å². The van der Waals surface area contributed by atoms with Gasteiger partial charge in [-0.05, 0) is 0 Å². The summed E-state index contributed by atoms with van der Waals surface area (Å²) in [7, 11) is 0. The molecule has 19 heavy (non-hydrogen) atoms. The summed E-state index contributed by atoms with van der Waals surface area (Å²) in [6.45, 7) is 3.53. The molecule has 2 N–H and O–H groups in total. The average Bonchev–Trinajstić information content (AvgIpc) is 2.36. The van der Waals surface area contributed by atoms with Crippen molar-refractivity contribution in [1.29, 1.82) is 0 Å². The van der Waals surface area contributed by atoms with E-state index in [1.807, 2.05) is 0 Å². The van der Waals surface area contributed by atoms with E-state index in [1.54, 1.807) is 12.2 Å². The first-order valence-electron chi connectivity index (χ1n) is 5.43. The average molecular weight is 331 g/mol. The van der Waals surface area contributed by atoms with Crippen molar-refractivity contribution >= 4 is 40.7 Å². The van der Waals surface area contributed by atoms with Gasteiger partial charge in [0.25, 0.3) is 9.70 Å². The van der Waals surface area contributed by atoms with Crippen molar-refractivity contribution in [3.63, 3.8) is 0 Å². The minimum atomic E-state index is -2.06. The number of carbonyl (C=O) groups is 1. The summed E-state index contributed by atoms with van der Waals surface area (Å²) in [5.74, 6) is -0.787. The molecule has 5 nitrogen and oxygen atoms in total. The molecule has 0 bridgehead atoms. The normalized spacial score (nSPS) is 27.1. The SMILES string of the molecule is C=CCO[C@H]1O[C@H](CO)C=C[C@@H]1NC(=O)C(Cl)(Cl)Cl. The van der Waals surface area contributed by atoms with E-state index in [4.69, 9.17) is 49.4 Å². The first kappa shape index (κ1) is 16.8. The molecule has 8 heteroatoms. The topological polar surface area (TPSA) is 67.8 Å². The Bertz CT molecular complexity index is 356. The van der Waals surface area contributed by atoms with Gasteiger partial charge in [0.15, 0.2) is 6.29 Å². The standard InChI is InChI=1S/C11H14Cl3NO4/c1-2-5-18-9-8(4-3-7(6-16)19-9)15-10(17)11(12,13)14/h2-4,7-9,16H,1,5-6H2,(H,15,17)/t7-,8-,9-/m0/s1. The summed E-state index contributed by atoms with van der Waals surface area (Å²) in [6.07, 6.45) is 3.44. The number of carbonyl (C=O) groups excluding carboxylic acids is 1. The minimum absolute atomic E-state index is 0.199. The molecule has 1 rings (SSSR count). The highest BCUT2D eigenvalue weighted by atomic mass is 35.6. The molecule has 0 aromatic rings. The fourth-order valence-corrected chi connectivity index (χ4v) is 1.56. The van der Waals surface area contributed by atoms with Crippen LogP contribution in [0.15, 0.2) is 24.8 Å². The predicted molar refractivity (Wildman–Crippen MR) is 73.3 cm³/mol. The van der Waals surface area contributed by atoms with Crippen LogP contribution in [0.3, 0.4) is 0 Å². The number of nitrogens with one attached hydrogen (secondary N) is 1. The van der Waals surface area contributed by atoms with E-state index in [-0.39, 0.29) is 13.2 Å². The lowest BCUT2D eigenvalue weighted by molar-refractivity contribution is -0.177. The second kappa shape index (κ2) is 7.47. The van der Waals surface area contributed by atoms with Crippen molar-refractivity contribution in [3.05, 3.63) is 24.8 Å². The van der Waals surface area contributed by atoms with Crippen molar-refractivity contribution in [2.45, 2.75) is 22.2 Å². The molecule has 1 aliphatic rings. The van der Waals surface area contributed by atoms with Gasteiger partial charge in [0.2, 0.25) is 0 Å². The lowest BCUT2D eigenvalue weighted by Gasteiger charge is -2.32. The first-order chi connectivity index (χ1) is 8.88. The third-order valence-electron chi connectivity index (χ3n) is 2.25. The lowest BCUT2D eigenvalue weighted by Crippen LogP contribution is -2.51. The van der Waals surface area contributed by atoms with Crippen LogP contribution in [0, 0.1) is 0 Å². The van der Waals surface area contributed by atoms with Crippen LogP contribution in [-0.4, -0.2) is 46.5 Å². The molecule has 0 fully saturated rings. The Morgan fingerprint density at radius 1 is 1.53 bits per heavy atom. The molecule has 1 aliphatic heterocycles. The third kappa shape index (κ3) is 5.30. The number of rotatable bonds is 5. The summed E-state index contributed by atoms with van der Waals surface area (Å²) in [5, 5.41) is 11.5. The summed E-state index contributed by atoms with van der Waals surface area (Å²) < 4.78 is 8.69. The summed E-state index contributed by atoms with van der Waals surface area (Å²) in [5.41, 5.74) is 0. The maximum atomic E-state index is 11.6. The van der Waals surface area contributed by atoms with Gasteiger partial charge in [-0.25, -0.2) is 0 Å². The Hall–Kier alpha value is -0.300. The zero-order valence-corrected chi connectivity index (χ0v) is 12.2. The van der Waals surface area contributed by atoms with E-state index < -0.39 is 28.1 Å². The molecule has 0 unspecified atom stereocenters. The maximum absolute atomic E-state index is 11.6. The predicted octanol–water partition coefficient (Wildman–Crippen LogP) is 1.32. The van der Waals surface area contributed by atoms with Gasteiger partial charge in [0, 0.05) is 0 Å². The van der Waals surface area contributed by atoms with Crippen LogP contribution < -0.4 is 5.32 Å². The van der Waals surface area contributed by atoms with Crippen LogP contribution in [0.2, 0.25) is 0 Å². The third-order valence-corrected chi connectivity index (χ3v) is 2.76. The number of alkyl halides is 3. The number of amides is 1. The molecular weight excluding hydrogens is 316 g/mol. The van der Waals surface area contributed by atoms with Crippen molar-refractivity contribution in [1.82, 2.24) is 5.32 Å². The Kier molecular flexibility index (Phi) is 6.59. The van der Waals surface area contributed by atoms with E-state index >= 15 is 0 Å². The number of halogens is 3. The lowest BCUT2D eigenvalue weighted by atomic mass is 10.1. The van der Waals surface area contributed by atoms with E-state index in [0.29, 0.717) is 0 Å². The number of ether oxygens (including phenoxy) is 2. The highest BCUT2D eigenvalue weighted by Gasteiger charge is 2.36. The zero-order valence-electron chi connectivity index (χ0n) is 9.89. The van der Waals surface area contributed by atoms with Gasteiger partial charge in [0.1, 0.15) is 6.10 Å². The number of aliphatic hydroxyl groups is 1. The fourth-order valence-electron chi connectivity index (χ4n) is 1.40. The molecular formula is C11H14Cl3NO4. The van der Waals surface area contributed by atoms with Gasteiger partial charge in [-0.1, -0.05) is 53.0 Å². The molecule has 108 valence electrons. The van der Waals surface area contributed by atoms with Crippen LogP contribution in [-0.2, 0) is 14.3 Å². The Labute approximate surface area is 126 Å². The molecule has 3 atom stereocenters. The number of hydrogen-bond acceptors (Lipinski definition) is 4. The molecule has 0 saturated carbocycles. The quantitative estimate of drug-likeness (QED) is 0.589. The number of aliphatic hydroxyl groups excluding tert-OH is 1. The van der Waals surface area contributed by atoms with Crippen LogP contribution in [0.5, 0.6) is 0 Å². The van der Waals surface area contributed by atoms with E-state index in [9.17, 15) is 4.79 Å². The van der Waals surface area contributed by atoms with Crippen LogP contribution >= 0.6 is 34.8 Å². The molecule has 0 aliphatic carbocycles. The maximum Gasteiger partial charge on any atom is 0.272 e. The Morgan fingerprint density at radius 3 is 2.74 bits per heavy atom. The highest BCUT2D eigenvalue weighted by molar-refractivity contribution is 6.76. The minimum Gasteiger partial charge on any atom is -0.393 e. The number of hydrogen-bond donors (Lipinski definition) is 2. The zero-order chi connectivity index (χ0) is 14.5. The largest absolute Gasteiger partial charge is 0.393 e.